The molecule has 1 aliphatic rings. The average Bonchev–Trinajstić information content (AvgIpc) is 2.77. The SMILES string of the molecule is Cc1cccc(OCC(=O)N(Cc2ccccc2Cl)[C@@H](C)C(=O)NC2CCCCC2)c1. The predicted octanol–water partition coefficient (Wildman–Crippen LogP) is 4.89. The summed E-state index contributed by atoms with van der Waals surface area (Å²) in [6, 6.07) is 14.5. The van der Waals surface area contributed by atoms with Crippen molar-refractivity contribution < 1.29 is 14.3 Å². The van der Waals surface area contributed by atoms with Gasteiger partial charge in [-0.25, -0.2) is 0 Å². The van der Waals surface area contributed by atoms with Crippen LogP contribution in [-0.2, 0) is 16.1 Å². The Kier molecular flexibility index (Phi) is 8.35. The van der Waals surface area contributed by atoms with Gasteiger partial charge in [0, 0.05) is 17.6 Å². The monoisotopic (exact) mass is 442 g/mol. The van der Waals surface area contributed by atoms with E-state index >= 15 is 0 Å². The Bertz CT molecular complexity index is 896. The Hall–Kier alpha value is -2.53. The molecule has 0 saturated heterocycles. The number of nitrogens with zero attached hydrogens (tertiary/aromatic N) is 1. The maximum absolute atomic E-state index is 13.1. The Morgan fingerprint density at radius 2 is 1.87 bits per heavy atom. The highest BCUT2D eigenvalue weighted by atomic mass is 35.5. The standard InChI is InChI=1S/C25H31ClN2O3/c1-18-9-8-13-22(15-18)31-17-24(29)28(16-20-10-6-7-14-23(20)26)19(2)25(30)27-21-11-4-3-5-12-21/h6-10,13-15,19,21H,3-5,11-12,16-17H2,1-2H3,(H,27,30)/t19-/m0/s1. The van der Waals surface area contributed by atoms with Gasteiger partial charge in [-0.05, 0) is 56.0 Å². The van der Waals surface area contributed by atoms with E-state index in [0.29, 0.717) is 10.8 Å². The molecule has 31 heavy (non-hydrogen) atoms. The van der Waals surface area contributed by atoms with Gasteiger partial charge in [-0.15, -0.1) is 0 Å². The first kappa shape index (κ1) is 23.1. The number of carbonyl (C=O) groups is 2. The Morgan fingerprint density at radius 1 is 1.13 bits per heavy atom. The molecule has 1 aliphatic carbocycles. The minimum Gasteiger partial charge on any atom is -0.484 e. The van der Waals surface area contributed by atoms with Crippen molar-refractivity contribution in [3.63, 3.8) is 0 Å². The van der Waals surface area contributed by atoms with Crippen LogP contribution in [0.15, 0.2) is 48.5 Å². The van der Waals surface area contributed by atoms with Crippen molar-refractivity contribution >= 4 is 23.4 Å². The molecule has 3 rings (SSSR count). The molecule has 1 saturated carbocycles. The number of rotatable bonds is 8. The normalized spacial score (nSPS) is 15.2. The number of hydrogen-bond donors (Lipinski definition) is 1. The van der Waals surface area contributed by atoms with E-state index in [1.54, 1.807) is 17.9 Å². The summed E-state index contributed by atoms with van der Waals surface area (Å²) in [4.78, 5) is 27.7. The van der Waals surface area contributed by atoms with E-state index < -0.39 is 6.04 Å². The van der Waals surface area contributed by atoms with Crippen molar-refractivity contribution in [2.75, 3.05) is 6.61 Å². The summed E-state index contributed by atoms with van der Waals surface area (Å²) in [5.74, 6) is 0.237. The van der Waals surface area contributed by atoms with Gasteiger partial charge in [-0.1, -0.05) is 61.2 Å². The molecule has 2 aromatic rings. The zero-order valence-electron chi connectivity index (χ0n) is 18.3. The molecule has 0 spiro atoms. The first-order valence-electron chi connectivity index (χ1n) is 11.0. The van der Waals surface area contributed by atoms with E-state index in [0.717, 1.165) is 36.8 Å². The molecule has 2 aromatic carbocycles. The molecular formula is C25H31ClN2O3. The molecule has 166 valence electrons. The number of halogens is 1. The molecule has 5 nitrogen and oxygen atoms in total. The molecular weight excluding hydrogens is 412 g/mol. The molecule has 0 aliphatic heterocycles. The highest BCUT2D eigenvalue weighted by Crippen LogP contribution is 2.21. The number of nitrogens with one attached hydrogen (secondary N) is 1. The summed E-state index contributed by atoms with van der Waals surface area (Å²) in [6.45, 7) is 3.83. The van der Waals surface area contributed by atoms with Gasteiger partial charge >= 0.3 is 0 Å². The van der Waals surface area contributed by atoms with Gasteiger partial charge in [0.2, 0.25) is 5.91 Å². The van der Waals surface area contributed by atoms with Crippen molar-refractivity contribution in [3.05, 3.63) is 64.7 Å². The smallest absolute Gasteiger partial charge is 0.261 e. The zero-order valence-corrected chi connectivity index (χ0v) is 19.0. The number of carbonyl (C=O) groups excluding carboxylic acids is 2. The van der Waals surface area contributed by atoms with Crippen molar-refractivity contribution in [1.29, 1.82) is 0 Å². The van der Waals surface area contributed by atoms with Gasteiger partial charge in [-0.3, -0.25) is 9.59 Å². The molecule has 1 atom stereocenters. The van der Waals surface area contributed by atoms with Gasteiger partial charge in [0.25, 0.3) is 5.91 Å². The van der Waals surface area contributed by atoms with Gasteiger partial charge in [0.1, 0.15) is 11.8 Å². The summed E-state index contributed by atoms with van der Waals surface area (Å²) in [7, 11) is 0. The van der Waals surface area contributed by atoms with E-state index in [9.17, 15) is 9.59 Å². The predicted molar refractivity (Wildman–Crippen MR) is 123 cm³/mol. The van der Waals surface area contributed by atoms with Gasteiger partial charge in [-0.2, -0.15) is 0 Å². The van der Waals surface area contributed by atoms with E-state index in [-0.39, 0.29) is 31.0 Å². The number of amides is 2. The van der Waals surface area contributed by atoms with E-state index in [4.69, 9.17) is 16.3 Å². The van der Waals surface area contributed by atoms with Crippen LogP contribution in [0, 0.1) is 6.92 Å². The van der Waals surface area contributed by atoms with Gasteiger partial charge in [0.15, 0.2) is 6.61 Å². The van der Waals surface area contributed by atoms with E-state index in [1.165, 1.54) is 6.42 Å². The zero-order chi connectivity index (χ0) is 22.2. The molecule has 1 N–H and O–H groups in total. The summed E-state index contributed by atoms with van der Waals surface area (Å²) < 4.78 is 5.72. The van der Waals surface area contributed by atoms with Crippen LogP contribution in [-0.4, -0.2) is 35.4 Å². The van der Waals surface area contributed by atoms with E-state index in [2.05, 4.69) is 5.32 Å². The second-order valence-electron chi connectivity index (χ2n) is 8.24. The minimum absolute atomic E-state index is 0.136. The van der Waals surface area contributed by atoms with Crippen LogP contribution in [0.3, 0.4) is 0 Å². The fourth-order valence-corrected chi connectivity index (χ4v) is 4.09. The second-order valence-corrected chi connectivity index (χ2v) is 8.64. The minimum atomic E-state index is -0.633. The van der Waals surface area contributed by atoms with Crippen LogP contribution >= 0.6 is 11.6 Å². The van der Waals surface area contributed by atoms with Crippen molar-refractivity contribution in [2.45, 2.75) is 64.6 Å². The van der Waals surface area contributed by atoms with E-state index in [1.807, 2.05) is 49.4 Å². The van der Waals surface area contributed by atoms with Crippen LogP contribution in [0.4, 0.5) is 0 Å². The quantitative estimate of drug-likeness (QED) is 0.633. The molecule has 0 unspecified atom stereocenters. The van der Waals surface area contributed by atoms with Crippen LogP contribution in [0.2, 0.25) is 5.02 Å². The highest BCUT2D eigenvalue weighted by Gasteiger charge is 2.28. The largest absolute Gasteiger partial charge is 0.484 e. The lowest BCUT2D eigenvalue weighted by Crippen LogP contribution is -2.51. The fourth-order valence-electron chi connectivity index (χ4n) is 3.89. The Balaban J connectivity index is 1.72. The summed E-state index contributed by atoms with van der Waals surface area (Å²) in [5, 5.41) is 3.70. The third-order valence-electron chi connectivity index (χ3n) is 5.77. The van der Waals surface area contributed by atoms with Crippen molar-refractivity contribution in [2.24, 2.45) is 0 Å². The Labute approximate surface area is 189 Å². The number of aryl methyl sites for hydroxylation is 1. The lowest BCUT2D eigenvalue weighted by Gasteiger charge is -2.31. The molecule has 2 amide bonds. The number of ether oxygens (including phenoxy) is 1. The molecule has 0 bridgehead atoms. The third-order valence-corrected chi connectivity index (χ3v) is 6.14. The third kappa shape index (κ3) is 6.73. The van der Waals surface area contributed by atoms with Gasteiger partial charge in [0.05, 0.1) is 0 Å². The maximum Gasteiger partial charge on any atom is 0.261 e. The first-order chi connectivity index (χ1) is 14.9. The first-order valence-corrected chi connectivity index (χ1v) is 11.3. The van der Waals surface area contributed by atoms with Crippen molar-refractivity contribution in [3.8, 4) is 5.75 Å². The molecule has 0 radical (unpaired) electrons. The maximum atomic E-state index is 13.1. The van der Waals surface area contributed by atoms with Crippen LogP contribution in [0.25, 0.3) is 0 Å². The summed E-state index contributed by atoms with van der Waals surface area (Å²) >= 11 is 6.33. The Morgan fingerprint density at radius 3 is 2.58 bits per heavy atom. The summed E-state index contributed by atoms with van der Waals surface area (Å²) in [5.41, 5.74) is 1.85. The molecule has 0 heterocycles. The molecule has 0 aromatic heterocycles. The lowest BCUT2D eigenvalue weighted by atomic mass is 9.95. The second kappa shape index (κ2) is 11.2. The number of hydrogen-bond acceptors (Lipinski definition) is 3. The molecule has 6 heteroatoms. The van der Waals surface area contributed by atoms with Crippen LogP contribution in [0.1, 0.15) is 50.2 Å². The topological polar surface area (TPSA) is 58.6 Å². The molecule has 1 fully saturated rings. The van der Waals surface area contributed by atoms with Crippen LogP contribution < -0.4 is 10.1 Å². The number of benzene rings is 2. The van der Waals surface area contributed by atoms with Crippen LogP contribution in [0.5, 0.6) is 5.75 Å². The van der Waals surface area contributed by atoms with Crippen molar-refractivity contribution in [1.82, 2.24) is 10.2 Å². The summed E-state index contributed by atoms with van der Waals surface area (Å²) in [6.07, 6.45) is 5.47. The average molecular weight is 443 g/mol. The lowest BCUT2D eigenvalue weighted by molar-refractivity contribution is -0.142. The van der Waals surface area contributed by atoms with Gasteiger partial charge < -0.3 is 15.0 Å². The highest BCUT2D eigenvalue weighted by molar-refractivity contribution is 6.31. The fraction of sp³-hybridized carbons (Fsp3) is 0.440.